The van der Waals surface area contributed by atoms with E-state index in [2.05, 4.69) is 38.7 Å². The molecule has 0 bridgehead atoms. The molecule has 32 heavy (non-hydrogen) atoms. The van der Waals surface area contributed by atoms with Gasteiger partial charge in [0.05, 0.1) is 18.8 Å². The Bertz CT molecular complexity index is 1260. The summed E-state index contributed by atoms with van der Waals surface area (Å²) in [5.74, 6) is 0. The van der Waals surface area contributed by atoms with E-state index < -0.39 is 59.3 Å². The van der Waals surface area contributed by atoms with Crippen LogP contribution in [0.5, 0.6) is 0 Å². The molecule has 0 amide bonds. The minimum Gasteiger partial charge on any atom is -0.352 e. The van der Waals surface area contributed by atoms with Gasteiger partial charge in [-0.2, -0.15) is 13.2 Å². The third kappa shape index (κ3) is 4.80. The molecule has 0 radical (unpaired) electrons. The SMILES string of the molecule is Cc1cn(C2CC(N=[N+]=[N-])C(COP3(F)=NP(F)(F)=NP4(=N3)NCCN4)O2)c(=O)[nH]c1=O. The standard InChI is InChI=1S/C12H18F3N10O4P3/c1-7-5-25(12(27)19-11(7)26)10-4-8(20-21-16)9(29-10)6-28-31(15)22-30(13,14)23-32(24-31)17-2-3-18-32/h5,8-10,17-18H,2-4,6H2,1H3,(H,19,26,27). The molecule has 3 aliphatic heterocycles. The number of rotatable bonds is 5. The summed E-state index contributed by atoms with van der Waals surface area (Å²) in [6.45, 7) is 1.46. The van der Waals surface area contributed by atoms with Crippen LogP contribution in [0.1, 0.15) is 18.2 Å². The number of aromatic amines is 1. The van der Waals surface area contributed by atoms with E-state index in [1.54, 1.807) is 0 Å². The zero-order valence-electron chi connectivity index (χ0n) is 16.4. The lowest BCUT2D eigenvalue weighted by atomic mass is 10.1. The molecule has 0 saturated carbocycles. The molecule has 2 saturated heterocycles. The number of azide groups is 1. The van der Waals surface area contributed by atoms with Crippen LogP contribution >= 0.6 is 23.1 Å². The van der Waals surface area contributed by atoms with E-state index in [1.165, 1.54) is 13.1 Å². The summed E-state index contributed by atoms with van der Waals surface area (Å²) < 4.78 is 65.3. The van der Waals surface area contributed by atoms with Crippen molar-refractivity contribution in [3.05, 3.63) is 43.0 Å². The van der Waals surface area contributed by atoms with Crippen molar-refractivity contribution in [1.82, 2.24) is 19.7 Å². The number of nitrogens with zero attached hydrogens (tertiary/aromatic N) is 7. The van der Waals surface area contributed by atoms with Crippen molar-refractivity contribution in [1.29, 1.82) is 0 Å². The second-order valence-electron chi connectivity index (χ2n) is 7.03. The second-order valence-corrected chi connectivity index (χ2v) is 13.1. The van der Waals surface area contributed by atoms with Crippen molar-refractivity contribution in [3.8, 4) is 0 Å². The molecule has 1 spiro atoms. The molecule has 1 aromatic rings. The lowest BCUT2D eigenvalue weighted by Crippen LogP contribution is -2.33. The van der Waals surface area contributed by atoms with Gasteiger partial charge in [0.25, 0.3) is 5.56 Å². The molecule has 0 aromatic carbocycles. The van der Waals surface area contributed by atoms with E-state index in [9.17, 15) is 18.0 Å². The van der Waals surface area contributed by atoms with Gasteiger partial charge in [0.2, 0.25) is 7.51 Å². The summed E-state index contributed by atoms with van der Waals surface area (Å²) in [4.78, 5) is 28.5. The highest BCUT2D eigenvalue weighted by Crippen LogP contribution is 2.79. The average molecular weight is 516 g/mol. The minimum atomic E-state index is -5.31. The van der Waals surface area contributed by atoms with Crippen molar-refractivity contribution in [2.24, 2.45) is 18.7 Å². The molecule has 4 unspecified atom stereocenters. The van der Waals surface area contributed by atoms with E-state index in [0.717, 1.165) is 4.57 Å². The first-order valence-corrected chi connectivity index (χ1v) is 13.9. The summed E-state index contributed by atoms with van der Waals surface area (Å²) in [6.07, 6.45) is -0.751. The van der Waals surface area contributed by atoms with E-state index in [0.29, 0.717) is 13.1 Å². The lowest BCUT2D eigenvalue weighted by Gasteiger charge is -2.24. The van der Waals surface area contributed by atoms with Crippen LogP contribution in [-0.2, 0) is 9.26 Å². The third-order valence-corrected chi connectivity index (χ3v) is 12.1. The van der Waals surface area contributed by atoms with Gasteiger partial charge in [0.15, 0.2) is 0 Å². The molecular formula is C12H18F3N10O4P3. The van der Waals surface area contributed by atoms with E-state index in [-0.39, 0.29) is 12.0 Å². The fraction of sp³-hybridized carbons (Fsp3) is 0.667. The largest absolute Gasteiger partial charge is 0.423 e. The first kappa shape index (κ1) is 23.5. The normalized spacial score (nSPS) is 32.6. The number of H-pyrrole nitrogens is 1. The van der Waals surface area contributed by atoms with E-state index in [4.69, 9.17) is 14.8 Å². The van der Waals surface area contributed by atoms with Gasteiger partial charge in [0, 0.05) is 36.2 Å². The number of hydrogen-bond acceptors (Lipinski definition) is 10. The van der Waals surface area contributed by atoms with Crippen LogP contribution in [0.2, 0.25) is 0 Å². The Hall–Kier alpha value is -1.69. The summed E-state index contributed by atoms with van der Waals surface area (Å²) in [5, 5.41) is 8.94. The summed E-state index contributed by atoms with van der Waals surface area (Å²) >= 11 is 0. The zero-order valence-corrected chi connectivity index (χ0v) is 19.1. The van der Waals surface area contributed by atoms with Gasteiger partial charge in [-0.15, -0.1) is 12.9 Å². The van der Waals surface area contributed by atoms with Gasteiger partial charge in [0.1, 0.15) is 6.23 Å². The number of aryl methyl sites for hydroxylation is 1. The summed E-state index contributed by atoms with van der Waals surface area (Å²) in [6, 6.07) is -0.896. The highest BCUT2D eigenvalue weighted by molar-refractivity contribution is 7.80. The van der Waals surface area contributed by atoms with Crippen LogP contribution in [0.4, 0.5) is 12.6 Å². The Morgan fingerprint density at radius 2 is 2.03 bits per heavy atom. The first-order chi connectivity index (χ1) is 15.0. The molecule has 1 aromatic heterocycles. The first-order valence-electron chi connectivity index (χ1n) is 9.21. The molecule has 4 rings (SSSR count). The number of halogens is 3. The summed E-state index contributed by atoms with van der Waals surface area (Å²) in [5.41, 5.74) is 7.75. The molecule has 4 atom stereocenters. The van der Waals surface area contributed by atoms with Crippen molar-refractivity contribution in [2.45, 2.75) is 31.7 Å². The van der Waals surface area contributed by atoms with Crippen molar-refractivity contribution >= 4 is 23.1 Å². The maximum Gasteiger partial charge on any atom is 0.423 e. The highest BCUT2D eigenvalue weighted by atomic mass is 31.3. The quantitative estimate of drug-likeness (QED) is 0.231. The zero-order chi connectivity index (χ0) is 23.1. The fourth-order valence-corrected chi connectivity index (χ4v) is 11.1. The minimum absolute atomic E-state index is 0.00797. The van der Waals surface area contributed by atoms with Crippen LogP contribution in [0.3, 0.4) is 0 Å². The van der Waals surface area contributed by atoms with Crippen LogP contribution < -0.4 is 21.4 Å². The van der Waals surface area contributed by atoms with Gasteiger partial charge in [-0.25, -0.2) is 4.79 Å². The topological polar surface area (TPSA) is 183 Å². The Morgan fingerprint density at radius 3 is 2.72 bits per heavy atom. The third-order valence-electron chi connectivity index (χ3n) is 4.75. The van der Waals surface area contributed by atoms with Crippen LogP contribution in [-0.4, -0.2) is 41.4 Å². The van der Waals surface area contributed by atoms with Gasteiger partial charge in [-0.05, 0) is 12.5 Å². The lowest BCUT2D eigenvalue weighted by molar-refractivity contribution is -0.0220. The Balaban J connectivity index is 1.58. The maximum absolute atomic E-state index is 15.3. The van der Waals surface area contributed by atoms with Crippen LogP contribution in [0.25, 0.3) is 10.4 Å². The van der Waals surface area contributed by atoms with E-state index in [1.807, 2.05) is 0 Å². The molecule has 0 aliphatic carbocycles. The molecule has 2 fully saturated rings. The monoisotopic (exact) mass is 516 g/mol. The number of ether oxygens (including phenoxy) is 1. The summed E-state index contributed by atoms with van der Waals surface area (Å²) in [7, 11) is -13.4. The molecule has 176 valence electrons. The van der Waals surface area contributed by atoms with Crippen molar-refractivity contribution < 1.29 is 21.9 Å². The number of nitrogens with one attached hydrogen (secondary N) is 3. The van der Waals surface area contributed by atoms with Gasteiger partial charge in [-0.1, -0.05) is 5.11 Å². The molecule has 3 aliphatic rings. The number of hydrogen-bond donors (Lipinski definition) is 3. The molecule has 14 nitrogen and oxygen atoms in total. The van der Waals surface area contributed by atoms with Crippen LogP contribution in [0, 0.1) is 6.92 Å². The molecule has 3 N–H and O–H groups in total. The second kappa shape index (κ2) is 8.58. The number of aromatic nitrogens is 2. The molecule has 4 heterocycles. The average Bonchev–Trinajstić information content (AvgIpc) is 3.28. The van der Waals surface area contributed by atoms with Gasteiger partial charge in [-0.3, -0.25) is 24.5 Å². The molecule has 20 heteroatoms. The predicted octanol–water partition coefficient (Wildman–Crippen LogP) is 3.78. The highest BCUT2D eigenvalue weighted by Gasteiger charge is 2.43. The Labute approximate surface area is 178 Å². The molecular weight excluding hydrogens is 498 g/mol. The fourth-order valence-electron chi connectivity index (χ4n) is 3.35. The smallest absolute Gasteiger partial charge is 0.352 e. The van der Waals surface area contributed by atoms with Crippen LogP contribution in [0.15, 0.2) is 34.4 Å². The van der Waals surface area contributed by atoms with Crippen molar-refractivity contribution in [3.63, 3.8) is 0 Å². The van der Waals surface area contributed by atoms with E-state index >= 15 is 4.20 Å². The van der Waals surface area contributed by atoms with Gasteiger partial charge >= 0.3 is 21.3 Å². The predicted molar refractivity (Wildman–Crippen MR) is 111 cm³/mol. The Morgan fingerprint density at radius 1 is 1.31 bits per heavy atom. The van der Waals surface area contributed by atoms with Gasteiger partial charge < -0.3 is 9.26 Å². The Kier molecular flexibility index (Phi) is 6.30. The maximum atomic E-state index is 15.3. The van der Waals surface area contributed by atoms with Crippen molar-refractivity contribution in [2.75, 3.05) is 19.7 Å².